The van der Waals surface area contributed by atoms with Crippen molar-refractivity contribution in [3.05, 3.63) is 63.7 Å². The molecule has 0 spiro atoms. The van der Waals surface area contributed by atoms with Gasteiger partial charge in [0, 0.05) is 12.1 Å². The van der Waals surface area contributed by atoms with E-state index in [1.807, 2.05) is 0 Å². The van der Waals surface area contributed by atoms with E-state index in [0.717, 1.165) is 42.5 Å². The zero-order valence-electron chi connectivity index (χ0n) is 14.9. The van der Waals surface area contributed by atoms with E-state index in [-0.39, 0.29) is 18.1 Å². The highest BCUT2D eigenvalue weighted by Crippen LogP contribution is 2.32. The average Bonchev–Trinajstić information content (AvgIpc) is 2.66. The van der Waals surface area contributed by atoms with Crippen molar-refractivity contribution in [2.75, 3.05) is 13.2 Å². The van der Waals surface area contributed by atoms with E-state index in [1.54, 1.807) is 6.92 Å². The molecule has 0 heterocycles. The van der Waals surface area contributed by atoms with Gasteiger partial charge in [-0.25, -0.2) is 9.59 Å². The summed E-state index contributed by atoms with van der Waals surface area (Å²) in [7, 11) is 0. The van der Waals surface area contributed by atoms with Gasteiger partial charge in [0.2, 0.25) is 0 Å². The minimum Gasteiger partial charge on any atom is -0.463 e. The Bertz CT molecular complexity index is 911. The Balaban J connectivity index is 2.22. The summed E-state index contributed by atoms with van der Waals surface area (Å²) in [6, 6.07) is 6.85. The van der Waals surface area contributed by atoms with Crippen LogP contribution >= 0.6 is 0 Å². The molecule has 0 aliphatic heterocycles. The molecular weight excluding hydrogens is 399 g/mol. The second-order valence-electron chi connectivity index (χ2n) is 5.44. The summed E-state index contributed by atoms with van der Waals surface area (Å²) in [6.07, 6.45) is -4.51. The van der Waals surface area contributed by atoms with Crippen molar-refractivity contribution in [3.63, 3.8) is 0 Å². The third kappa shape index (κ3) is 5.92. The Morgan fingerprint density at radius 3 is 2.21 bits per heavy atom. The summed E-state index contributed by atoms with van der Waals surface area (Å²) in [4.78, 5) is 33.7. The number of alkyl halides is 3. The van der Waals surface area contributed by atoms with Gasteiger partial charge < -0.3 is 14.2 Å². The van der Waals surface area contributed by atoms with Crippen molar-refractivity contribution >= 4 is 17.6 Å². The lowest BCUT2D eigenvalue weighted by Crippen LogP contribution is -2.17. The molecule has 0 aliphatic carbocycles. The zero-order valence-corrected chi connectivity index (χ0v) is 14.9. The highest BCUT2D eigenvalue weighted by molar-refractivity contribution is 5.95. The van der Waals surface area contributed by atoms with Crippen LogP contribution in [0.15, 0.2) is 42.5 Å². The van der Waals surface area contributed by atoms with Crippen molar-refractivity contribution < 1.29 is 41.9 Å². The molecule has 154 valence electrons. The Hall–Kier alpha value is -3.63. The number of esters is 2. The summed E-state index contributed by atoms with van der Waals surface area (Å²) in [6.45, 7) is 0.868. The van der Waals surface area contributed by atoms with Crippen molar-refractivity contribution in [2.45, 2.75) is 13.1 Å². The molecule has 8 nitrogen and oxygen atoms in total. The second-order valence-corrected chi connectivity index (χ2v) is 5.44. The fourth-order valence-electron chi connectivity index (χ4n) is 2.15. The second kappa shape index (κ2) is 9.04. The van der Waals surface area contributed by atoms with Crippen LogP contribution in [0.5, 0.6) is 11.5 Å². The van der Waals surface area contributed by atoms with Crippen molar-refractivity contribution in [1.82, 2.24) is 0 Å². The molecule has 29 heavy (non-hydrogen) atoms. The largest absolute Gasteiger partial charge is 0.463 e. The molecule has 2 rings (SSSR count). The quantitative estimate of drug-likeness (QED) is 0.382. The van der Waals surface area contributed by atoms with Crippen LogP contribution in [0.3, 0.4) is 0 Å². The molecule has 0 aromatic heterocycles. The highest BCUT2D eigenvalue weighted by atomic mass is 19.4. The number of ether oxygens (including phenoxy) is 3. The van der Waals surface area contributed by atoms with Crippen molar-refractivity contribution in [2.24, 2.45) is 0 Å². The molecule has 0 atom stereocenters. The minimum absolute atomic E-state index is 0.0118. The van der Waals surface area contributed by atoms with E-state index in [4.69, 9.17) is 9.47 Å². The van der Waals surface area contributed by atoms with Gasteiger partial charge in [-0.05, 0) is 37.3 Å². The number of benzene rings is 2. The standard InChI is InChI=1S/C18H14F3NO7/c1-2-27-16(23)10-28-17(24)14-9-13(7-8-15(14)22(25)26)29-12-5-3-11(4-6-12)18(19,20)21/h3-9H,2,10H2,1H3. The highest BCUT2D eigenvalue weighted by Gasteiger charge is 2.30. The first-order valence-corrected chi connectivity index (χ1v) is 8.08. The van der Waals surface area contributed by atoms with E-state index in [9.17, 15) is 32.9 Å². The fraction of sp³-hybridized carbons (Fsp3) is 0.222. The monoisotopic (exact) mass is 413 g/mol. The average molecular weight is 413 g/mol. The van der Waals surface area contributed by atoms with Gasteiger partial charge in [-0.15, -0.1) is 0 Å². The number of halogens is 3. The summed E-state index contributed by atoms with van der Waals surface area (Å²) in [5.74, 6) is -2.04. The van der Waals surface area contributed by atoms with E-state index in [0.29, 0.717) is 0 Å². The number of carbonyl (C=O) groups excluding carboxylic acids is 2. The van der Waals surface area contributed by atoms with Crippen LogP contribution in [0.4, 0.5) is 18.9 Å². The summed E-state index contributed by atoms with van der Waals surface area (Å²) >= 11 is 0. The van der Waals surface area contributed by atoms with Crippen molar-refractivity contribution in [3.8, 4) is 11.5 Å². The molecule has 0 unspecified atom stereocenters. The van der Waals surface area contributed by atoms with Crippen LogP contribution in [0.1, 0.15) is 22.8 Å². The predicted molar refractivity (Wildman–Crippen MR) is 91.5 cm³/mol. The number of rotatable bonds is 7. The number of hydrogen-bond acceptors (Lipinski definition) is 7. The predicted octanol–water partition coefficient (Wildman–Crippen LogP) is 4.13. The molecule has 0 bridgehead atoms. The number of nitrogens with zero attached hydrogens (tertiary/aromatic N) is 1. The minimum atomic E-state index is -4.51. The normalized spacial score (nSPS) is 10.9. The number of nitro groups is 1. The molecule has 0 saturated carbocycles. The maximum absolute atomic E-state index is 12.6. The van der Waals surface area contributed by atoms with Crippen LogP contribution in [0, 0.1) is 10.1 Å². The Kier molecular flexibility index (Phi) is 6.75. The molecule has 0 N–H and O–H groups in total. The zero-order chi connectivity index (χ0) is 21.6. The first-order valence-electron chi connectivity index (χ1n) is 8.08. The Morgan fingerprint density at radius 1 is 1.03 bits per heavy atom. The van der Waals surface area contributed by atoms with Gasteiger partial charge >= 0.3 is 18.1 Å². The molecule has 0 saturated heterocycles. The maximum Gasteiger partial charge on any atom is 0.416 e. The summed E-state index contributed by atoms with van der Waals surface area (Å²) in [5.41, 5.74) is -1.97. The fourth-order valence-corrected chi connectivity index (χ4v) is 2.15. The smallest absolute Gasteiger partial charge is 0.416 e. The molecule has 0 amide bonds. The van der Waals surface area contributed by atoms with Gasteiger partial charge in [0.25, 0.3) is 5.69 Å². The van der Waals surface area contributed by atoms with Gasteiger partial charge in [0.05, 0.1) is 17.1 Å². The molecule has 2 aromatic rings. The molecule has 0 fully saturated rings. The van der Waals surface area contributed by atoms with Crippen LogP contribution in [0.25, 0.3) is 0 Å². The topological polar surface area (TPSA) is 105 Å². The van der Waals surface area contributed by atoms with Gasteiger partial charge in [0.15, 0.2) is 6.61 Å². The number of hydrogen-bond donors (Lipinski definition) is 0. The maximum atomic E-state index is 12.6. The molecule has 2 aromatic carbocycles. The Morgan fingerprint density at radius 2 is 1.66 bits per heavy atom. The number of carbonyl (C=O) groups is 2. The molecule has 0 radical (unpaired) electrons. The van der Waals surface area contributed by atoms with Gasteiger partial charge in [-0.2, -0.15) is 13.2 Å². The molecule has 0 aliphatic rings. The van der Waals surface area contributed by atoms with Gasteiger partial charge in [0.1, 0.15) is 17.1 Å². The molecule has 11 heteroatoms. The van der Waals surface area contributed by atoms with Crippen LogP contribution in [0.2, 0.25) is 0 Å². The lowest BCUT2D eigenvalue weighted by atomic mass is 10.1. The molecular formula is C18H14F3NO7. The summed E-state index contributed by atoms with van der Waals surface area (Å²) in [5, 5.41) is 11.1. The first-order chi connectivity index (χ1) is 13.6. The third-order valence-electron chi connectivity index (χ3n) is 3.43. The van der Waals surface area contributed by atoms with Gasteiger partial charge in [-0.1, -0.05) is 0 Å². The Labute approximate surface area is 161 Å². The van der Waals surface area contributed by atoms with E-state index >= 15 is 0 Å². The lowest BCUT2D eigenvalue weighted by Gasteiger charge is -2.10. The number of nitro benzene ring substituents is 1. The van der Waals surface area contributed by atoms with Crippen molar-refractivity contribution in [1.29, 1.82) is 0 Å². The van der Waals surface area contributed by atoms with E-state index in [1.165, 1.54) is 0 Å². The SMILES string of the molecule is CCOC(=O)COC(=O)c1cc(Oc2ccc(C(F)(F)F)cc2)ccc1[N+](=O)[O-]. The lowest BCUT2D eigenvalue weighted by molar-refractivity contribution is -0.385. The van der Waals surface area contributed by atoms with E-state index in [2.05, 4.69) is 4.74 Å². The van der Waals surface area contributed by atoms with Crippen LogP contribution in [-0.2, 0) is 20.4 Å². The van der Waals surface area contributed by atoms with Crippen LogP contribution in [-0.4, -0.2) is 30.1 Å². The third-order valence-corrected chi connectivity index (χ3v) is 3.43. The first kappa shape index (κ1) is 21.7. The summed E-state index contributed by atoms with van der Waals surface area (Å²) < 4.78 is 52.4. The van der Waals surface area contributed by atoms with Gasteiger partial charge in [-0.3, -0.25) is 10.1 Å². The van der Waals surface area contributed by atoms with E-state index < -0.39 is 46.5 Å². The van der Waals surface area contributed by atoms with Crippen LogP contribution < -0.4 is 4.74 Å².